The number of rotatable bonds is 7. The van der Waals surface area contributed by atoms with E-state index >= 15 is 4.11 Å². The molecule has 8 nitrogen and oxygen atoms in total. The SMILES string of the molecule is C[C@@H]1[C@@H]([Si](C)(C)F)[C@H](CC(=O)N2CCC[C@H]2CO)O[C@@]12C(=O)N(Cc1ccc(N3C(=O)CCc4ccccc43)cc1)c1ccc(Br)cc12. The van der Waals surface area contributed by atoms with Crippen molar-refractivity contribution in [3.8, 4) is 0 Å². The van der Waals surface area contributed by atoms with Crippen LogP contribution in [0.25, 0.3) is 0 Å². The Bertz CT molecular complexity index is 1770. The Morgan fingerprint density at radius 1 is 1.06 bits per heavy atom. The number of likely N-dealkylation sites (tertiary alicyclic amines) is 1. The normalized spacial score (nSPS) is 26.8. The van der Waals surface area contributed by atoms with Gasteiger partial charge in [-0.05, 0) is 79.9 Å². The van der Waals surface area contributed by atoms with Gasteiger partial charge in [0.2, 0.25) is 20.2 Å². The third kappa shape index (κ3) is 5.43. The summed E-state index contributed by atoms with van der Waals surface area (Å²) in [5.74, 6) is -0.911. The highest BCUT2D eigenvalue weighted by molar-refractivity contribution is 9.10. The van der Waals surface area contributed by atoms with Crippen LogP contribution in [0.3, 0.4) is 0 Å². The molecule has 252 valence electrons. The number of aliphatic hydroxyl groups excluding tert-OH is 1. The molecule has 4 aliphatic rings. The van der Waals surface area contributed by atoms with E-state index < -0.39 is 31.6 Å². The number of ether oxygens (including phenoxy) is 1. The van der Waals surface area contributed by atoms with Gasteiger partial charge in [0, 0.05) is 40.1 Å². The molecule has 0 aliphatic carbocycles. The van der Waals surface area contributed by atoms with E-state index in [-0.39, 0.29) is 43.3 Å². The first-order valence-electron chi connectivity index (χ1n) is 16.8. The summed E-state index contributed by atoms with van der Waals surface area (Å²) in [6.07, 6.45) is 1.90. The van der Waals surface area contributed by atoms with E-state index in [9.17, 15) is 19.5 Å². The summed E-state index contributed by atoms with van der Waals surface area (Å²) in [5.41, 5.74) is 2.99. The second-order valence-electron chi connectivity index (χ2n) is 14.1. The van der Waals surface area contributed by atoms with Gasteiger partial charge in [-0.2, -0.15) is 0 Å². The van der Waals surface area contributed by atoms with Crippen molar-refractivity contribution in [3.05, 3.63) is 87.9 Å². The predicted octanol–water partition coefficient (Wildman–Crippen LogP) is 6.76. The average Bonchev–Trinajstić information content (AvgIpc) is 3.72. The van der Waals surface area contributed by atoms with Crippen LogP contribution < -0.4 is 9.80 Å². The number of para-hydroxylation sites is 1. The van der Waals surface area contributed by atoms with E-state index in [1.54, 1.807) is 27.8 Å². The lowest BCUT2D eigenvalue weighted by Gasteiger charge is -2.31. The van der Waals surface area contributed by atoms with E-state index in [1.807, 2.05) is 67.6 Å². The van der Waals surface area contributed by atoms with Crippen molar-refractivity contribution in [1.29, 1.82) is 0 Å². The van der Waals surface area contributed by atoms with Gasteiger partial charge in [0.15, 0.2) is 5.60 Å². The molecule has 7 rings (SSSR count). The van der Waals surface area contributed by atoms with Crippen LogP contribution in [0.4, 0.5) is 21.2 Å². The van der Waals surface area contributed by atoms with E-state index in [1.165, 1.54) is 0 Å². The van der Waals surface area contributed by atoms with E-state index in [0.717, 1.165) is 46.2 Å². The highest BCUT2D eigenvalue weighted by Gasteiger charge is 2.67. The van der Waals surface area contributed by atoms with Gasteiger partial charge in [-0.3, -0.25) is 19.3 Å². The van der Waals surface area contributed by atoms with Crippen molar-refractivity contribution < 1.29 is 28.3 Å². The topological polar surface area (TPSA) is 90.4 Å². The van der Waals surface area contributed by atoms with E-state index in [2.05, 4.69) is 22.0 Å². The molecule has 0 unspecified atom stereocenters. The zero-order valence-corrected chi connectivity index (χ0v) is 30.1. The molecule has 3 amide bonds. The number of anilines is 3. The molecular weight excluding hydrogens is 693 g/mol. The first-order valence-corrected chi connectivity index (χ1v) is 20.6. The lowest BCUT2D eigenvalue weighted by Crippen LogP contribution is -2.45. The van der Waals surface area contributed by atoms with Crippen molar-refractivity contribution in [2.75, 3.05) is 23.0 Å². The monoisotopic (exact) mass is 733 g/mol. The number of nitrogens with zero attached hydrogens (tertiary/aromatic N) is 3. The molecule has 2 fully saturated rings. The van der Waals surface area contributed by atoms with Gasteiger partial charge >= 0.3 is 0 Å². The van der Waals surface area contributed by atoms with E-state index in [0.29, 0.717) is 24.2 Å². The number of hydrogen-bond acceptors (Lipinski definition) is 5. The maximum atomic E-state index is 16.3. The molecule has 4 aliphatic heterocycles. The highest BCUT2D eigenvalue weighted by atomic mass is 79.9. The molecule has 0 radical (unpaired) electrons. The Morgan fingerprint density at radius 3 is 2.54 bits per heavy atom. The second kappa shape index (κ2) is 12.5. The minimum atomic E-state index is -3.45. The van der Waals surface area contributed by atoms with Crippen LogP contribution in [-0.4, -0.2) is 61.4 Å². The Hall–Kier alpha value is -3.38. The van der Waals surface area contributed by atoms with Gasteiger partial charge in [0.05, 0.1) is 43.1 Å². The van der Waals surface area contributed by atoms with Gasteiger partial charge in [0.1, 0.15) is 0 Å². The number of amides is 3. The molecular formula is C37H41BrFN3O5Si. The van der Waals surface area contributed by atoms with Gasteiger partial charge in [-0.25, -0.2) is 0 Å². The van der Waals surface area contributed by atoms with Crippen LogP contribution in [0.1, 0.15) is 49.3 Å². The second-order valence-corrected chi connectivity index (χ2v) is 18.8. The smallest absolute Gasteiger partial charge is 0.264 e. The first-order chi connectivity index (χ1) is 22.9. The third-order valence-corrected chi connectivity index (χ3v) is 13.8. The van der Waals surface area contributed by atoms with Gasteiger partial charge < -0.3 is 23.8 Å². The van der Waals surface area contributed by atoms with Gasteiger partial charge in [-0.1, -0.05) is 53.2 Å². The number of carbonyl (C=O) groups is 3. The summed E-state index contributed by atoms with van der Waals surface area (Å²) in [7, 11) is -3.45. The number of aliphatic hydroxyl groups is 1. The molecule has 0 saturated carbocycles. The first kappa shape index (κ1) is 33.1. The lowest BCUT2D eigenvalue weighted by atomic mass is 9.82. The number of halogens is 2. The van der Waals surface area contributed by atoms with E-state index in [4.69, 9.17) is 4.74 Å². The fourth-order valence-corrected chi connectivity index (χ4v) is 11.5. The molecule has 1 N–H and O–H groups in total. The minimum Gasteiger partial charge on any atom is -0.394 e. The summed E-state index contributed by atoms with van der Waals surface area (Å²) < 4.78 is 23.8. The lowest BCUT2D eigenvalue weighted by molar-refractivity contribution is -0.150. The van der Waals surface area contributed by atoms with Gasteiger partial charge in [0.25, 0.3) is 5.91 Å². The van der Waals surface area contributed by atoms with Crippen molar-refractivity contribution in [3.63, 3.8) is 0 Å². The standard InChI is InChI=1S/C37H41BrFN3O5Si/c1-23-35(48(2,3)39)32(20-34(45)40-18-6-8-28(40)22-43)47-37(23)29-19-26(38)13-16-31(29)41(36(37)46)21-24-10-14-27(15-11-24)42-30-9-5-4-7-25(30)12-17-33(42)44/h4-5,7,9-11,13-16,19,23,28,32,35,43H,6,8,12,17-18,20-22H2,1-3H3/t23-,28+,32+,35-,37+/m1/s1. The number of benzene rings is 3. The Kier molecular flexibility index (Phi) is 8.63. The fraction of sp³-hybridized carbons (Fsp3) is 0.432. The van der Waals surface area contributed by atoms with Crippen molar-refractivity contribution >= 4 is 59.1 Å². The fourth-order valence-electron chi connectivity index (χ4n) is 8.66. The molecule has 5 atom stereocenters. The van der Waals surface area contributed by atoms with Crippen LogP contribution in [0.2, 0.25) is 18.6 Å². The highest BCUT2D eigenvalue weighted by Crippen LogP contribution is 2.60. The van der Waals surface area contributed by atoms with Crippen molar-refractivity contribution in [2.24, 2.45) is 5.92 Å². The summed E-state index contributed by atoms with van der Waals surface area (Å²) in [4.78, 5) is 46.5. The largest absolute Gasteiger partial charge is 0.394 e. The average molecular weight is 735 g/mol. The van der Waals surface area contributed by atoms with Crippen molar-refractivity contribution in [1.82, 2.24) is 4.90 Å². The number of hydrogen-bond donors (Lipinski definition) is 1. The zero-order valence-electron chi connectivity index (χ0n) is 27.5. The van der Waals surface area contributed by atoms with Crippen molar-refractivity contribution in [2.45, 2.75) is 82.0 Å². The quantitative estimate of drug-likeness (QED) is 0.214. The molecule has 1 spiro atoms. The summed E-state index contributed by atoms with van der Waals surface area (Å²) in [6.45, 7) is 5.86. The molecule has 0 bridgehead atoms. The van der Waals surface area contributed by atoms with Crippen LogP contribution in [0.5, 0.6) is 0 Å². The Morgan fingerprint density at radius 2 is 1.81 bits per heavy atom. The maximum absolute atomic E-state index is 16.3. The molecule has 3 aromatic rings. The number of fused-ring (bicyclic) bond motifs is 3. The summed E-state index contributed by atoms with van der Waals surface area (Å²) in [6, 6.07) is 21.1. The van der Waals surface area contributed by atoms with Crippen LogP contribution in [-0.2, 0) is 37.7 Å². The zero-order chi connectivity index (χ0) is 34.0. The number of carbonyl (C=O) groups excluding carboxylic acids is 3. The molecule has 11 heteroatoms. The number of aryl methyl sites for hydroxylation is 1. The minimum absolute atomic E-state index is 0.0377. The molecule has 4 heterocycles. The third-order valence-electron chi connectivity index (χ3n) is 10.8. The summed E-state index contributed by atoms with van der Waals surface area (Å²) >= 11 is 3.59. The summed E-state index contributed by atoms with van der Waals surface area (Å²) in [5, 5.41) is 9.84. The molecule has 0 aromatic heterocycles. The van der Waals surface area contributed by atoms with Crippen LogP contribution in [0.15, 0.2) is 71.2 Å². The molecule has 3 aromatic carbocycles. The van der Waals surface area contributed by atoms with Gasteiger partial charge in [-0.15, -0.1) is 0 Å². The maximum Gasteiger partial charge on any atom is 0.264 e. The van der Waals surface area contributed by atoms with Crippen LogP contribution >= 0.6 is 15.9 Å². The molecule has 2 saturated heterocycles. The molecule has 48 heavy (non-hydrogen) atoms. The predicted molar refractivity (Wildman–Crippen MR) is 188 cm³/mol. The Labute approximate surface area is 290 Å². The van der Waals surface area contributed by atoms with Crippen LogP contribution in [0, 0.1) is 5.92 Å². The Balaban J connectivity index is 1.20.